The van der Waals surface area contributed by atoms with Crippen LogP contribution in [0.25, 0.3) is 0 Å². The van der Waals surface area contributed by atoms with Gasteiger partial charge in [0.05, 0.1) is 24.2 Å². The Kier molecular flexibility index (Phi) is 2.83. The molecule has 0 radical (unpaired) electrons. The number of allylic oxidation sites excluding steroid dienone is 1. The van der Waals surface area contributed by atoms with Crippen molar-refractivity contribution in [2.75, 3.05) is 6.61 Å². The van der Waals surface area contributed by atoms with E-state index in [1.807, 2.05) is 13.8 Å². The van der Waals surface area contributed by atoms with Crippen LogP contribution in [0.1, 0.15) is 33.1 Å². The number of carbonyl (C=O) groups excluding carboxylic acids is 2. The highest BCUT2D eigenvalue weighted by Gasteiger charge is 2.70. The standard InChI is InChI=1S/C17H22O5/c1-8-3-12(19)15(21)16(2)10(8)5-13(20)17-6-9(22-7-17)4-11(18)14(16)17/h3,9-11,14-15,18,21H,4-7H2,1-2H3/t9?,10-,11?,14+,15?,16?,17?/m0/s1. The topological polar surface area (TPSA) is 83.8 Å². The van der Waals surface area contributed by atoms with E-state index in [-0.39, 0.29) is 23.6 Å². The molecule has 4 rings (SSSR count). The van der Waals surface area contributed by atoms with Gasteiger partial charge in [0, 0.05) is 17.8 Å². The van der Waals surface area contributed by atoms with Crippen molar-refractivity contribution >= 4 is 11.6 Å². The first-order chi connectivity index (χ1) is 10.3. The third-order valence-electron chi connectivity index (χ3n) is 6.80. The van der Waals surface area contributed by atoms with Crippen molar-refractivity contribution in [3.05, 3.63) is 11.6 Å². The minimum absolute atomic E-state index is 0.0802. The molecule has 2 saturated carbocycles. The SMILES string of the molecule is CC1=CC(=O)C(O)C2(C)[C@H]1CC(=O)C13COC(CC(O)[C@@H]12)C3. The summed E-state index contributed by atoms with van der Waals surface area (Å²) in [6, 6.07) is 0. The minimum Gasteiger partial charge on any atom is -0.393 e. The quantitative estimate of drug-likeness (QED) is 0.686. The maximum Gasteiger partial charge on any atom is 0.184 e. The van der Waals surface area contributed by atoms with Gasteiger partial charge in [-0.05, 0) is 31.8 Å². The lowest BCUT2D eigenvalue weighted by molar-refractivity contribution is -0.185. The van der Waals surface area contributed by atoms with Gasteiger partial charge >= 0.3 is 0 Å². The van der Waals surface area contributed by atoms with Crippen molar-refractivity contribution in [3.63, 3.8) is 0 Å². The summed E-state index contributed by atoms with van der Waals surface area (Å²) in [5.74, 6) is -0.799. The van der Waals surface area contributed by atoms with Crippen molar-refractivity contribution in [1.29, 1.82) is 0 Å². The summed E-state index contributed by atoms with van der Waals surface area (Å²) in [5.41, 5.74) is -0.691. The maximum absolute atomic E-state index is 12.9. The summed E-state index contributed by atoms with van der Waals surface area (Å²) in [4.78, 5) is 25.1. The molecule has 1 spiro atoms. The molecule has 4 aliphatic rings. The number of aliphatic hydroxyl groups is 2. The molecule has 1 heterocycles. The van der Waals surface area contributed by atoms with E-state index in [0.717, 1.165) is 5.57 Å². The molecule has 2 N–H and O–H groups in total. The van der Waals surface area contributed by atoms with Crippen LogP contribution in [0.5, 0.6) is 0 Å². The van der Waals surface area contributed by atoms with Crippen LogP contribution in [0.2, 0.25) is 0 Å². The number of carbonyl (C=O) groups is 2. The molecule has 5 heteroatoms. The highest BCUT2D eigenvalue weighted by molar-refractivity contribution is 5.97. The van der Waals surface area contributed by atoms with Crippen LogP contribution in [-0.4, -0.2) is 46.7 Å². The molecule has 2 bridgehead atoms. The number of Topliss-reactive ketones (excluding diaryl/α,β-unsaturated/α-hetero) is 1. The van der Waals surface area contributed by atoms with Crippen molar-refractivity contribution in [2.45, 2.75) is 51.4 Å². The lowest BCUT2D eigenvalue weighted by Crippen LogP contribution is -2.66. The number of hydrogen-bond donors (Lipinski definition) is 2. The van der Waals surface area contributed by atoms with Crippen molar-refractivity contribution in [3.8, 4) is 0 Å². The summed E-state index contributed by atoms with van der Waals surface area (Å²) < 4.78 is 5.73. The van der Waals surface area contributed by atoms with Gasteiger partial charge in [-0.25, -0.2) is 0 Å². The third kappa shape index (κ3) is 1.49. The lowest BCUT2D eigenvalue weighted by atomic mass is 9.43. The molecule has 3 aliphatic carbocycles. The highest BCUT2D eigenvalue weighted by atomic mass is 16.5. The second-order valence-corrected chi connectivity index (χ2v) is 7.81. The van der Waals surface area contributed by atoms with Gasteiger partial charge in [0.15, 0.2) is 5.78 Å². The Labute approximate surface area is 129 Å². The average molecular weight is 306 g/mol. The van der Waals surface area contributed by atoms with Crippen LogP contribution in [0.4, 0.5) is 0 Å². The van der Waals surface area contributed by atoms with Crippen LogP contribution >= 0.6 is 0 Å². The molecule has 0 aromatic rings. The van der Waals surface area contributed by atoms with Crippen molar-refractivity contribution < 1.29 is 24.5 Å². The van der Waals surface area contributed by atoms with Crippen molar-refractivity contribution in [2.24, 2.45) is 22.7 Å². The van der Waals surface area contributed by atoms with Crippen LogP contribution in [-0.2, 0) is 14.3 Å². The van der Waals surface area contributed by atoms with E-state index in [4.69, 9.17) is 4.74 Å². The van der Waals surface area contributed by atoms with Crippen LogP contribution < -0.4 is 0 Å². The van der Waals surface area contributed by atoms with E-state index in [1.165, 1.54) is 6.08 Å². The van der Waals surface area contributed by atoms with Gasteiger partial charge < -0.3 is 14.9 Å². The Morgan fingerprint density at radius 1 is 1.32 bits per heavy atom. The summed E-state index contributed by atoms with van der Waals surface area (Å²) in [7, 11) is 0. The molecular weight excluding hydrogens is 284 g/mol. The number of fused-ring (bicyclic) bond motifs is 3. The van der Waals surface area contributed by atoms with E-state index in [9.17, 15) is 19.8 Å². The second kappa shape index (κ2) is 4.28. The van der Waals surface area contributed by atoms with E-state index in [1.54, 1.807) is 0 Å². The number of ketones is 2. The fraction of sp³-hybridized carbons (Fsp3) is 0.765. The Hall–Kier alpha value is -1.04. The van der Waals surface area contributed by atoms with Gasteiger partial charge in [-0.1, -0.05) is 12.5 Å². The van der Waals surface area contributed by atoms with Crippen LogP contribution in [0.3, 0.4) is 0 Å². The molecule has 1 saturated heterocycles. The summed E-state index contributed by atoms with van der Waals surface area (Å²) in [6.45, 7) is 4.03. The van der Waals surface area contributed by atoms with E-state index in [0.29, 0.717) is 25.9 Å². The Balaban J connectivity index is 1.91. The summed E-state index contributed by atoms with van der Waals surface area (Å²) in [5, 5.41) is 21.4. The molecule has 3 fully saturated rings. The number of ether oxygens (including phenoxy) is 1. The number of aliphatic hydroxyl groups excluding tert-OH is 2. The van der Waals surface area contributed by atoms with Gasteiger partial charge in [0.25, 0.3) is 0 Å². The average Bonchev–Trinajstić information content (AvgIpc) is 2.79. The summed E-state index contributed by atoms with van der Waals surface area (Å²) in [6.07, 6.45) is 0.914. The fourth-order valence-corrected chi connectivity index (χ4v) is 5.86. The molecule has 0 aromatic heterocycles. The maximum atomic E-state index is 12.9. The van der Waals surface area contributed by atoms with Gasteiger partial charge in [0.2, 0.25) is 0 Å². The second-order valence-electron chi connectivity index (χ2n) is 7.81. The number of hydrogen-bond acceptors (Lipinski definition) is 5. The first-order valence-corrected chi connectivity index (χ1v) is 8.04. The third-order valence-corrected chi connectivity index (χ3v) is 6.80. The first-order valence-electron chi connectivity index (χ1n) is 8.04. The summed E-state index contributed by atoms with van der Waals surface area (Å²) >= 11 is 0. The van der Waals surface area contributed by atoms with Gasteiger partial charge in [-0.15, -0.1) is 0 Å². The predicted octanol–water partition coefficient (Wildman–Crippen LogP) is 0.628. The molecular formula is C17H22O5. The smallest absolute Gasteiger partial charge is 0.184 e. The van der Waals surface area contributed by atoms with E-state index in [2.05, 4.69) is 0 Å². The Morgan fingerprint density at radius 2 is 2.05 bits per heavy atom. The molecule has 1 aliphatic heterocycles. The zero-order valence-electron chi connectivity index (χ0n) is 12.9. The normalized spacial score (nSPS) is 53.8. The highest BCUT2D eigenvalue weighted by Crippen LogP contribution is 2.64. The van der Waals surface area contributed by atoms with Crippen LogP contribution in [0.15, 0.2) is 11.6 Å². The Morgan fingerprint density at radius 3 is 2.77 bits per heavy atom. The Bertz CT molecular complexity index is 596. The molecule has 120 valence electrons. The molecule has 22 heavy (non-hydrogen) atoms. The zero-order valence-corrected chi connectivity index (χ0v) is 12.9. The van der Waals surface area contributed by atoms with Crippen LogP contribution in [0, 0.1) is 22.7 Å². The molecule has 0 aromatic carbocycles. The number of rotatable bonds is 0. The lowest BCUT2D eigenvalue weighted by Gasteiger charge is -2.60. The van der Waals surface area contributed by atoms with Crippen molar-refractivity contribution in [1.82, 2.24) is 0 Å². The molecule has 0 amide bonds. The zero-order chi connectivity index (χ0) is 15.9. The van der Waals surface area contributed by atoms with Gasteiger partial charge in [-0.3, -0.25) is 9.59 Å². The molecule has 7 atom stereocenters. The predicted molar refractivity (Wildman–Crippen MR) is 76.9 cm³/mol. The first kappa shape index (κ1) is 14.5. The monoisotopic (exact) mass is 306 g/mol. The van der Waals surface area contributed by atoms with E-state index < -0.39 is 29.0 Å². The largest absolute Gasteiger partial charge is 0.393 e. The van der Waals surface area contributed by atoms with Gasteiger partial charge in [0.1, 0.15) is 11.9 Å². The van der Waals surface area contributed by atoms with E-state index >= 15 is 0 Å². The fourth-order valence-electron chi connectivity index (χ4n) is 5.86. The minimum atomic E-state index is -1.16. The molecule has 5 unspecified atom stereocenters. The molecule has 5 nitrogen and oxygen atoms in total. The van der Waals surface area contributed by atoms with Gasteiger partial charge in [-0.2, -0.15) is 0 Å².